The van der Waals surface area contributed by atoms with E-state index < -0.39 is 11.7 Å². The molecule has 0 radical (unpaired) electrons. The number of aliphatic hydroxyl groups excluding tert-OH is 1. The summed E-state index contributed by atoms with van der Waals surface area (Å²) in [5, 5.41) is 24.2. The first-order valence-electron chi connectivity index (χ1n) is 6.69. The average Bonchev–Trinajstić information content (AvgIpc) is 2.68. The van der Waals surface area contributed by atoms with E-state index in [4.69, 9.17) is 0 Å². The molecule has 0 bridgehead atoms. The lowest BCUT2D eigenvalue weighted by atomic mass is 9.90. The standard InChI is InChI=1S/C14H23N3O2/c1-4-6-17-11(2)12(8-15-17)9-16-7-5-14(3,19)13(18)10-16/h4,8,13,18-19H,1,5-7,9-10H2,2-3H3. The predicted octanol–water partition coefficient (Wildman–Crippen LogP) is 0.695. The molecular weight excluding hydrogens is 242 g/mol. The molecule has 1 saturated heterocycles. The largest absolute Gasteiger partial charge is 0.389 e. The minimum atomic E-state index is -0.960. The summed E-state index contributed by atoms with van der Waals surface area (Å²) in [6.07, 6.45) is 3.60. The van der Waals surface area contributed by atoms with Gasteiger partial charge >= 0.3 is 0 Å². The Morgan fingerprint density at radius 1 is 1.63 bits per heavy atom. The highest BCUT2D eigenvalue weighted by molar-refractivity contribution is 5.16. The molecule has 0 saturated carbocycles. The van der Waals surface area contributed by atoms with Gasteiger partial charge in [0.1, 0.15) is 0 Å². The van der Waals surface area contributed by atoms with Crippen LogP contribution in [0.15, 0.2) is 18.9 Å². The maximum absolute atomic E-state index is 9.95. The minimum absolute atomic E-state index is 0.499. The van der Waals surface area contributed by atoms with Crippen LogP contribution in [-0.2, 0) is 13.1 Å². The Morgan fingerprint density at radius 3 is 3.00 bits per heavy atom. The number of rotatable bonds is 4. The monoisotopic (exact) mass is 265 g/mol. The van der Waals surface area contributed by atoms with Gasteiger partial charge in [-0.25, -0.2) is 0 Å². The zero-order valence-electron chi connectivity index (χ0n) is 11.7. The van der Waals surface area contributed by atoms with E-state index in [1.165, 1.54) is 0 Å². The maximum Gasteiger partial charge on any atom is 0.0951 e. The molecule has 1 aromatic rings. The van der Waals surface area contributed by atoms with Gasteiger partial charge in [-0.1, -0.05) is 6.08 Å². The molecule has 1 fully saturated rings. The van der Waals surface area contributed by atoms with Crippen LogP contribution in [0.1, 0.15) is 24.6 Å². The summed E-state index contributed by atoms with van der Waals surface area (Å²) < 4.78 is 1.92. The molecule has 1 aliphatic rings. The molecule has 2 atom stereocenters. The van der Waals surface area contributed by atoms with Crippen molar-refractivity contribution in [3.8, 4) is 0 Å². The molecule has 0 amide bonds. The third kappa shape index (κ3) is 3.05. The Kier molecular flexibility index (Phi) is 4.08. The van der Waals surface area contributed by atoms with Crippen LogP contribution in [0, 0.1) is 6.92 Å². The van der Waals surface area contributed by atoms with Crippen LogP contribution in [0.5, 0.6) is 0 Å². The topological polar surface area (TPSA) is 61.5 Å². The number of nitrogens with zero attached hydrogens (tertiary/aromatic N) is 3. The molecule has 5 nitrogen and oxygen atoms in total. The zero-order valence-corrected chi connectivity index (χ0v) is 11.7. The Morgan fingerprint density at radius 2 is 2.37 bits per heavy atom. The van der Waals surface area contributed by atoms with Crippen molar-refractivity contribution in [2.75, 3.05) is 13.1 Å². The van der Waals surface area contributed by atoms with E-state index in [1.54, 1.807) is 6.92 Å². The van der Waals surface area contributed by atoms with Crippen molar-refractivity contribution in [2.24, 2.45) is 0 Å². The molecule has 0 spiro atoms. The summed E-state index contributed by atoms with van der Waals surface area (Å²) in [5.74, 6) is 0. The summed E-state index contributed by atoms with van der Waals surface area (Å²) >= 11 is 0. The fourth-order valence-corrected chi connectivity index (χ4v) is 2.41. The second kappa shape index (κ2) is 5.45. The third-order valence-electron chi connectivity index (χ3n) is 3.98. The van der Waals surface area contributed by atoms with Crippen molar-refractivity contribution in [3.63, 3.8) is 0 Å². The van der Waals surface area contributed by atoms with Gasteiger partial charge in [-0.15, -0.1) is 6.58 Å². The van der Waals surface area contributed by atoms with Crippen molar-refractivity contribution in [2.45, 2.75) is 45.1 Å². The molecule has 0 aromatic carbocycles. The maximum atomic E-state index is 9.95. The van der Waals surface area contributed by atoms with E-state index >= 15 is 0 Å². The van der Waals surface area contributed by atoms with Crippen LogP contribution >= 0.6 is 0 Å². The van der Waals surface area contributed by atoms with Crippen LogP contribution in [-0.4, -0.2) is 49.7 Å². The van der Waals surface area contributed by atoms with Crippen LogP contribution in [0.4, 0.5) is 0 Å². The third-order valence-corrected chi connectivity index (χ3v) is 3.98. The van der Waals surface area contributed by atoms with Gasteiger partial charge in [0.2, 0.25) is 0 Å². The normalized spacial score (nSPS) is 28.5. The molecule has 5 heteroatoms. The predicted molar refractivity (Wildman–Crippen MR) is 73.7 cm³/mol. The molecule has 19 heavy (non-hydrogen) atoms. The lowest BCUT2D eigenvalue weighted by Gasteiger charge is -2.39. The fourth-order valence-electron chi connectivity index (χ4n) is 2.41. The summed E-state index contributed by atoms with van der Waals surface area (Å²) in [6, 6.07) is 0. The van der Waals surface area contributed by atoms with E-state index in [0.29, 0.717) is 19.5 Å². The van der Waals surface area contributed by atoms with Gasteiger partial charge in [-0.2, -0.15) is 5.10 Å². The lowest BCUT2D eigenvalue weighted by Crippen LogP contribution is -2.53. The summed E-state index contributed by atoms with van der Waals surface area (Å²) in [7, 11) is 0. The smallest absolute Gasteiger partial charge is 0.0951 e. The lowest BCUT2D eigenvalue weighted by molar-refractivity contribution is -0.108. The minimum Gasteiger partial charge on any atom is -0.389 e. The Hall–Kier alpha value is -1.17. The van der Waals surface area contributed by atoms with E-state index in [1.807, 2.05) is 23.9 Å². The molecule has 2 unspecified atom stereocenters. The number of aliphatic hydroxyl groups is 2. The van der Waals surface area contributed by atoms with Gasteiger partial charge in [0.05, 0.1) is 24.4 Å². The first kappa shape index (κ1) is 14.2. The fraction of sp³-hybridized carbons (Fsp3) is 0.643. The van der Waals surface area contributed by atoms with E-state index in [2.05, 4.69) is 16.6 Å². The van der Waals surface area contributed by atoms with Crippen molar-refractivity contribution >= 4 is 0 Å². The molecule has 1 aromatic heterocycles. The number of aromatic nitrogens is 2. The summed E-state index contributed by atoms with van der Waals surface area (Å²) in [4.78, 5) is 2.16. The van der Waals surface area contributed by atoms with Crippen molar-refractivity contribution < 1.29 is 10.2 Å². The van der Waals surface area contributed by atoms with Crippen molar-refractivity contribution in [1.82, 2.24) is 14.7 Å². The van der Waals surface area contributed by atoms with Crippen LogP contribution in [0.3, 0.4) is 0 Å². The quantitative estimate of drug-likeness (QED) is 0.787. The molecule has 0 aliphatic carbocycles. The van der Waals surface area contributed by atoms with Gasteiger partial charge in [0, 0.05) is 30.9 Å². The molecule has 106 valence electrons. The van der Waals surface area contributed by atoms with Crippen molar-refractivity contribution in [3.05, 3.63) is 30.1 Å². The number of hydrogen-bond acceptors (Lipinski definition) is 4. The van der Waals surface area contributed by atoms with Crippen LogP contribution in [0.2, 0.25) is 0 Å². The van der Waals surface area contributed by atoms with Gasteiger partial charge in [0.25, 0.3) is 0 Å². The molecular formula is C14H23N3O2. The van der Waals surface area contributed by atoms with Crippen LogP contribution < -0.4 is 0 Å². The number of hydrogen-bond donors (Lipinski definition) is 2. The first-order chi connectivity index (χ1) is 8.94. The molecule has 1 aliphatic heterocycles. The summed E-state index contributed by atoms with van der Waals surface area (Å²) in [6.45, 7) is 10.2. The van der Waals surface area contributed by atoms with E-state index in [-0.39, 0.29) is 0 Å². The summed E-state index contributed by atoms with van der Waals surface area (Å²) in [5.41, 5.74) is 1.33. The van der Waals surface area contributed by atoms with Gasteiger partial charge < -0.3 is 10.2 Å². The first-order valence-corrected chi connectivity index (χ1v) is 6.69. The number of likely N-dealkylation sites (tertiary alicyclic amines) is 1. The van der Waals surface area contributed by atoms with E-state index in [9.17, 15) is 10.2 Å². The highest BCUT2D eigenvalue weighted by atomic mass is 16.3. The second-order valence-corrected chi connectivity index (χ2v) is 5.58. The zero-order chi connectivity index (χ0) is 14.0. The number of β-amino-alcohol motifs (C(OH)–C–C–N with tert-alkyl or cyclic N) is 1. The molecule has 2 N–H and O–H groups in total. The van der Waals surface area contributed by atoms with Gasteiger partial charge in [-0.3, -0.25) is 9.58 Å². The van der Waals surface area contributed by atoms with Crippen LogP contribution in [0.25, 0.3) is 0 Å². The highest BCUT2D eigenvalue weighted by Gasteiger charge is 2.36. The Balaban J connectivity index is 2.01. The highest BCUT2D eigenvalue weighted by Crippen LogP contribution is 2.23. The van der Waals surface area contributed by atoms with Crippen molar-refractivity contribution in [1.29, 1.82) is 0 Å². The Bertz CT molecular complexity index is 454. The Labute approximate surface area is 114 Å². The second-order valence-electron chi connectivity index (χ2n) is 5.58. The average molecular weight is 265 g/mol. The molecule has 2 rings (SSSR count). The van der Waals surface area contributed by atoms with Gasteiger partial charge in [0.15, 0.2) is 0 Å². The number of allylic oxidation sites excluding steroid dienone is 1. The number of piperidine rings is 1. The van der Waals surface area contributed by atoms with Gasteiger partial charge in [-0.05, 0) is 20.3 Å². The SMILES string of the molecule is C=CCn1ncc(CN2CCC(C)(O)C(O)C2)c1C. The van der Waals surface area contributed by atoms with E-state index in [0.717, 1.165) is 24.3 Å². The molecule has 2 heterocycles.